The van der Waals surface area contributed by atoms with Gasteiger partial charge in [0.2, 0.25) is 5.91 Å². The molecule has 1 saturated carbocycles. The van der Waals surface area contributed by atoms with E-state index in [1.807, 2.05) is 24.4 Å². The van der Waals surface area contributed by atoms with Gasteiger partial charge in [-0.25, -0.2) is 0 Å². The standard InChI is InChI=1S/C13H14N4O3/c1-7(14-12(18)8-6-9(8)13(19)20)11-16-15-10-4-2-3-5-17(10)11/h2-5,7-9H,6H2,1H3,(H,14,18)(H,19,20)/t7-,8-,9+/m0/s1. The summed E-state index contributed by atoms with van der Waals surface area (Å²) in [5.74, 6) is -1.49. The third kappa shape index (κ3) is 2.11. The molecule has 1 aliphatic rings. The molecule has 2 N–H and O–H groups in total. The zero-order valence-corrected chi connectivity index (χ0v) is 10.9. The maximum Gasteiger partial charge on any atom is 0.307 e. The van der Waals surface area contributed by atoms with Gasteiger partial charge in [-0.2, -0.15) is 0 Å². The summed E-state index contributed by atoms with van der Waals surface area (Å²) in [6.07, 6.45) is 2.24. The molecule has 2 heterocycles. The summed E-state index contributed by atoms with van der Waals surface area (Å²) in [5, 5.41) is 19.7. The van der Waals surface area contributed by atoms with E-state index in [0.29, 0.717) is 17.9 Å². The van der Waals surface area contributed by atoms with Gasteiger partial charge in [0, 0.05) is 6.20 Å². The molecule has 3 rings (SSSR count). The van der Waals surface area contributed by atoms with Crippen molar-refractivity contribution in [2.24, 2.45) is 11.8 Å². The molecule has 0 radical (unpaired) electrons. The Morgan fingerprint density at radius 3 is 2.90 bits per heavy atom. The Morgan fingerprint density at radius 2 is 2.20 bits per heavy atom. The largest absolute Gasteiger partial charge is 0.481 e. The number of nitrogens with zero attached hydrogens (tertiary/aromatic N) is 3. The fourth-order valence-corrected chi connectivity index (χ4v) is 2.30. The van der Waals surface area contributed by atoms with Crippen molar-refractivity contribution in [3.8, 4) is 0 Å². The van der Waals surface area contributed by atoms with Crippen LogP contribution in [0.5, 0.6) is 0 Å². The second kappa shape index (κ2) is 4.59. The van der Waals surface area contributed by atoms with E-state index in [1.165, 1.54) is 0 Å². The Labute approximate surface area is 114 Å². The second-order valence-electron chi connectivity index (χ2n) is 5.00. The quantitative estimate of drug-likeness (QED) is 0.852. The van der Waals surface area contributed by atoms with Crippen LogP contribution in [-0.2, 0) is 9.59 Å². The predicted molar refractivity (Wildman–Crippen MR) is 68.8 cm³/mol. The molecular weight excluding hydrogens is 260 g/mol. The number of aliphatic carboxylic acids is 1. The fourth-order valence-electron chi connectivity index (χ4n) is 2.30. The minimum Gasteiger partial charge on any atom is -0.481 e. The number of fused-ring (bicyclic) bond motifs is 1. The monoisotopic (exact) mass is 274 g/mol. The summed E-state index contributed by atoms with van der Waals surface area (Å²) in [7, 11) is 0. The number of carbonyl (C=O) groups excluding carboxylic acids is 1. The molecule has 0 saturated heterocycles. The van der Waals surface area contributed by atoms with E-state index in [1.54, 1.807) is 11.3 Å². The normalized spacial score (nSPS) is 22.4. The van der Waals surface area contributed by atoms with Gasteiger partial charge in [-0.1, -0.05) is 6.07 Å². The van der Waals surface area contributed by atoms with Crippen LogP contribution in [0, 0.1) is 11.8 Å². The molecule has 2 aromatic rings. The van der Waals surface area contributed by atoms with Gasteiger partial charge in [0.15, 0.2) is 11.5 Å². The van der Waals surface area contributed by atoms with Crippen molar-refractivity contribution < 1.29 is 14.7 Å². The van der Waals surface area contributed by atoms with E-state index in [9.17, 15) is 9.59 Å². The van der Waals surface area contributed by atoms with Crippen molar-refractivity contribution in [3.05, 3.63) is 30.2 Å². The van der Waals surface area contributed by atoms with Crippen LogP contribution in [0.2, 0.25) is 0 Å². The number of carboxylic acid groups (broad SMARTS) is 1. The molecule has 7 heteroatoms. The molecule has 0 bridgehead atoms. The summed E-state index contributed by atoms with van der Waals surface area (Å²) in [5.41, 5.74) is 0.707. The third-order valence-electron chi connectivity index (χ3n) is 3.53. The average Bonchev–Trinajstić information content (AvgIpc) is 3.12. The zero-order valence-electron chi connectivity index (χ0n) is 10.9. The van der Waals surface area contributed by atoms with E-state index >= 15 is 0 Å². The van der Waals surface area contributed by atoms with Gasteiger partial charge in [-0.15, -0.1) is 10.2 Å². The van der Waals surface area contributed by atoms with Gasteiger partial charge in [0.1, 0.15) is 0 Å². The first-order valence-corrected chi connectivity index (χ1v) is 6.41. The van der Waals surface area contributed by atoms with Gasteiger partial charge in [-0.3, -0.25) is 14.0 Å². The van der Waals surface area contributed by atoms with Crippen molar-refractivity contribution >= 4 is 17.5 Å². The van der Waals surface area contributed by atoms with E-state index < -0.39 is 17.8 Å². The van der Waals surface area contributed by atoms with E-state index in [4.69, 9.17) is 5.11 Å². The number of hydrogen-bond donors (Lipinski definition) is 2. The van der Waals surface area contributed by atoms with Crippen LogP contribution in [0.15, 0.2) is 24.4 Å². The maximum atomic E-state index is 11.9. The molecule has 1 fully saturated rings. The first-order chi connectivity index (χ1) is 9.58. The van der Waals surface area contributed by atoms with Crippen molar-refractivity contribution in [3.63, 3.8) is 0 Å². The van der Waals surface area contributed by atoms with E-state index in [0.717, 1.165) is 0 Å². The molecule has 7 nitrogen and oxygen atoms in total. The molecule has 1 aliphatic carbocycles. The molecule has 104 valence electrons. The van der Waals surface area contributed by atoms with Crippen LogP contribution in [0.4, 0.5) is 0 Å². The highest BCUT2D eigenvalue weighted by Gasteiger charge is 2.48. The summed E-state index contributed by atoms with van der Waals surface area (Å²) in [6, 6.07) is 5.22. The summed E-state index contributed by atoms with van der Waals surface area (Å²) in [4.78, 5) is 22.7. The SMILES string of the molecule is C[C@H](NC(=O)[C@H]1C[C@H]1C(=O)O)c1nnc2ccccn12. The molecule has 0 aromatic carbocycles. The molecule has 0 unspecified atom stereocenters. The summed E-state index contributed by atoms with van der Waals surface area (Å²) in [6.45, 7) is 1.81. The Morgan fingerprint density at radius 1 is 1.40 bits per heavy atom. The lowest BCUT2D eigenvalue weighted by molar-refractivity contribution is -0.140. The van der Waals surface area contributed by atoms with Crippen LogP contribution in [0.25, 0.3) is 5.65 Å². The molecule has 2 aromatic heterocycles. The first kappa shape index (κ1) is 12.6. The number of rotatable bonds is 4. The molecule has 1 amide bonds. The summed E-state index contributed by atoms with van der Waals surface area (Å²) >= 11 is 0. The highest BCUT2D eigenvalue weighted by Crippen LogP contribution is 2.39. The number of amides is 1. The highest BCUT2D eigenvalue weighted by atomic mass is 16.4. The van der Waals surface area contributed by atoms with Crippen molar-refractivity contribution in [1.82, 2.24) is 19.9 Å². The minimum absolute atomic E-state index is 0.238. The predicted octanol–water partition coefficient (Wildman–Crippen LogP) is 0.627. The van der Waals surface area contributed by atoms with Crippen LogP contribution in [0.1, 0.15) is 25.2 Å². The smallest absolute Gasteiger partial charge is 0.307 e. The van der Waals surface area contributed by atoms with Crippen LogP contribution >= 0.6 is 0 Å². The van der Waals surface area contributed by atoms with Gasteiger partial charge in [0.05, 0.1) is 17.9 Å². The first-order valence-electron chi connectivity index (χ1n) is 6.41. The summed E-state index contributed by atoms with van der Waals surface area (Å²) < 4.78 is 1.80. The number of carbonyl (C=O) groups is 2. The van der Waals surface area contributed by atoms with Crippen LogP contribution in [0.3, 0.4) is 0 Å². The lowest BCUT2D eigenvalue weighted by atomic mass is 10.2. The second-order valence-corrected chi connectivity index (χ2v) is 5.00. The van der Waals surface area contributed by atoms with Crippen LogP contribution < -0.4 is 5.32 Å². The molecular formula is C13H14N4O3. The van der Waals surface area contributed by atoms with E-state index in [2.05, 4.69) is 15.5 Å². The Bertz CT molecular complexity index is 681. The number of hydrogen-bond acceptors (Lipinski definition) is 4. The molecule has 0 aliphatic heterocycles. The van der Waals surface area contributed by atoms with Gasteiger partial charge >= 0.3 is 5.97 Å². The Kier molecular flexibility index (Phi) is 2.89. The Hall–Kier alpha value is -2.44. The average molecular weight is 274 g/mol. The number of carboxylic acids is 1. The molecule has 20 heavy (non-hydrogen) atoms. The van der Waals surface area contributed by atoms with Crippen molar-refractivity contribution in [2.75, 3.05) is 0 Å². The molecule has 0 spiro atoms. The maximum absolute atomic E-state index is 11.9. The number of pyridine rings is 1. The lowest BCUT2D eigenvalue weighted by Crippen LogP contribution is -2.30. The van der Waals surface area contributed by atoms with Crippen LogP contribution in [-0.4, -0.2) is 31.6 Å². The minimum atomic E-state index is -0.911. The molecule has 3 atom stereocenters. The van der Waals surface area contributed by atoms with E-state index in [-0.39, 0.29) is 11.9 Å². The number of aromatic nitrogens is 3. The van der Waals surface area contributed by atoms with Gasteiger partial charge in [0.25, 0.3) is 0 Å². The van der Waals surface area contributed by atoms with Gasteiger partial charge < -0.3 is 10.4 Å². The topological polar surface area (TPSA) is 96.6 Å². The Balaban J connectivity index is 1.72. The number of nitrogens with one attached hydrogen (secondary N) is 1. The van der Waals surface area contributed by atoms with Crippen molar-refractivity contribution in [1.29, 1.82) is 0 Å². The lowest BCUT2D eigenvalue weighted by Gasteiger charge is -2.12. The van der Waals surface area contributed by atoms with Gasteiger partial charge in [-0.05, 0) is 25.5 Å². The zero-order chi connectivity index (χ0) is 14.3. The van der Waals surface area contributed by atoms with Crippen molar-refractivity contribution in [2.45, 2.75) is 19.4 Å². The fraction of sp³-hybridized carbons (Fsp3) is 0.385. The highest BCUT2D eigenvalue weighted by molar-refractivity contribution is 5.89. The third-order valence-corrected chi connectivity index (χ3v) is 3.53.